The fraction of sp³-hybridized carbons (Fsp3) is 0.111. The first kappa shape index (κ1) is 21.9. The standard InChI is InChI=1S/C27H22N2O4/c1-17-23(26(30)19-10-5-3-6-11-19)25(21-14-9-15-22(16-21)29(32)33)24(18(2)28-17)27(31)20-12-7-4-8-13-20/h3-16,25,28H,1-2H3. The highest BCUT2D eigenvalue weighted by Gasteiger charge is 2.37. The Labute approximate surface area is 191 Å². The van der Waals surface area contributed by atoms with Crippen LogP contribution >= 0.6 is 0 Å². The third kappa shape index (κ3) is 4.23. The van der Waals surface area contributed by atoms with Gasteiger partial charge in [-0.15, -0.1) is 0 Å². The molecule has 1 aliphatic heterocycles. The number of benzene rings is 3. The highest BCUT2D eigenvalue weighted by Crippen LogP contribution is 2.41. The Morgan fingerprint density at radius 1 is 0.758 bits per heavy atom. The van der Waals surface area contributed by atoms with E-state index in [2.05, 4.69) is 5.32 Å². The van der Waals surface area contributed by atoms with Crippen LogP contribution < -0.4 is 5.32 Å². The van der Waals surface area contributed by atoms with Crippen LogP contribution in [0.3, 0.4) is 0 Å². The summed E-state index contributed by atoms with van der Waals surface area (Å²) in [7, 11) is 0. The highest BCUT2D eigenvalue weighted by molar-refractivity contribution is 6.16. The summed E-state index contributed by atoms with van der Waals surface area (Å²) in [5, 5.41) is 14.7. The first-order valence-corrected chi connectivity index (χ1v) is 10.5. The molecule has 0 atom stereocenters. The molecule has 0 unspecified atom stereocenters. The van der Waals surface area contributed by atoms with Gasteiger partial charge in [0, 0.05) is 51.7 Å². The van der Waals surface area contributed by atoms with Gasteiger partial charge in [0.2, 0.25) is 0 Å². The van der Waals surface area contributed by atoms with Gasteiger partial charge >= 0.3 is 0 Å². The van der Waals surface area contributed by atoms with Crippen LogP contribution in [-0.2, 0) is 0 Å². The molecule has 33 heavy (non-hydrogen) atoms. The number of non-ortho nitro benzene ring substituents is 1. The lowest BCUT2D eigenvalue weighted by molar-refractivity contribution is -0.384. The molecule has 0 saturated carbocycles. The Morgan fingerprint density at radius 2 is 1.24 bits per heavy atom. The number of hydrogen-bond acceptors (Lipinski definition) is 5. The van der Waals surface area contributed by atoms with E-state index in [1.807, 2.05) is 12.1 Å². The molecule has 0 radical (unpaired) electrons. The molecule has 0 aromatic heterocycles. The lowest BCUT2D eigenvalue weighted by atomic mass is 9.75. The smallest absolute Gasteiger partial charge is 0.269 e. The van der Waals surface area contributed by atoms with Crippen LogP contribution in [-0.4, -0.2) is 16.5 Å². The minimum atomic E-state index is -0.758. The molecule has 1 N–H and O–H groups in total. The van der Waals surface area contributed by atoms with Crippen LogP contribution in [0.25, 0.3) is 0 Å². The zero-order valence-electron chi connectivity index (χ0n) is 18.2. The molecule has 0 bridgehead atoms. The fourth-order valence-corrected chi connectivity index (χ4v) is 4.24. The minimum Gasteiger partial charge on any atom is -0.362 e. The van der Waals surface area contributed by atoms with Crippen LogP contribution in [0.4, 0.5) is 5.69 Å². The summed E-state index contributed by atoms with van der Waals surface area (Å²) in [4.78, 5) is 38.3. The van der Waals surface area contributed by atoms with Crippen LogP contribution in [0.2, 0.25) is 0 Å². The van der Waals surface area contributed by atoms with Gasteiger partial charge in [0.15, 0.2) is 11.6 Å². The molecule has 3 aromatic carbocycles. The van der Waals surface area contributed by atoms with Crippen molar-refractivity contribution in [1.29, 1.82) is 0 Å². The number of nitro benzene ring substituents is 1. The topological polar surface area (TPSA) is 89.3 Å². The Bertz CT molecular complexity index is 1230. The Morgan fingerprint density at radius 3 is 1.70 bits per heavy atom. The van der Waals surface area contributed by atoms with Gasteiger partial charge in [-0.3, -0.25) is 19.7 Å². The highest BCUT2D eigenvalue weighted by atomic mass is 16.6. The molecule has 0 aliphatic carbocycles. The molecule has 0 fully saturated rings. The number of rotatable bonds is 6. The van der Waals surface area contributed by atoms with E-state index in [-0.39, 0.29) is 17.3 Å². The monoisotopic (exact) mass is 438 g/mol. The van der Waals surface area contributed by atoms with Crippen molar-refractivity contribution in [2.75, 3.05) is 0 Å². The summed E-state index contributed by atoms with van der Waals surface area (Å²) >= 11 is 0. The van der Waals surface area contributed by atoms with Gasteiger partial charge in [0.25, 0.3) is 5.69 Å². The van der Waals surface area contributed by atoms with E-state index < -0.39 is 10.8 Å². The first-order chi connectivity index (χ1) is 15.9. The number of hydrogen-bond donors (Lipinski definition) is 1. The third-order valence-corrected chi connectivity index (χ3v) is 5.74. The van der Waals surface area contributed by atoms with Crippen molar-refractivity contribution in [3.8, 4) is 0 Å². The van der Waals surface area contributed by atoms with Gasteiger partial charge in [-0.1, -0.05) is 72.8 Å². The van der Waals surface area contributed by atoms with E-state index in [0.717, 1.165) is 0 Å². The van der Waals surface area contributed by atoms with Gasteiger partial charge in [-0.2, -0.15) is 0 Å². The maximum Gasteiger partial charge on any atom is 0.269 e. The largest absolute Gasteiger partial charge is 0.362 e. The van der Waals surface area contributed by atoms with Gasteiger partial charge in [-0.25, -0.2) is 0 Å². The average Bonchev–Trinajstić information content (AvgIpc) is 2.84. The second-order valence-electron chi connectivity index (χ2n) is 7.88. The van der Waals surface area contributed by atoms with Gasteiger partial charge in [-0.05, 0) is 19.4 Å². The lowest BCUT2D eigenvalue weighted by Gasteiger charge is -2.31. The summed E-state index contributed by atoms with van der Waals surface area (Å²) in [5.41, 5.74) is 3.40. The zero-order valence-corrected chi connectivity index (χ0v) is 18.2. The van der Waals surface area contributed by atoms with E-state index in [0.29, 0.717) is 39.2 Å². The molecule has 0 amide bonds. The number of allylic oxidation sites excluding steroid dienone is 4. The van der Waals surface area contributed by atoms with Crippen molar-refractivity contribution in [2.45, 2.75) is 19.8 Å². The average molecular weight is 438 g/mol. The molecule has 0 spiro atoms. The molecular formula is C27H22N2O4. The van der Waals surface area contributed by atoms with Gasteiger partial charge in [0.05, 0.1) is 4.92 Å². The Balaban J connectivity index is 1.93. The second kappa shape index (κ2) is 9.04. The van der Waals surface area contributed by atoms with E-state index >= 15 is 0 Å². The van der Waals surface area contributed by atoms with Crippen LogP contribution in [0, 0.1) is 10.1 Å². The van der Waals surface area contributed by atoms with Gasteiger partial charge < -0.3 is 5.32 Å². The summed E-state index contributed by atoms with van der Waals surface area (Å²) in [6.45, 7) is 3.57. The van der Waals surface area contributed by atoms with Crippen molar-refractivity contribution in [3.63, 3.8) is 0 Å². The number of carbonyl (C=O) groups is 2. The molecule has 1 aliphatic rings. The number of nitro groups is 1. The summed E-state index contributed by atoms with van der Waals surface area (Å²) in [6, 6.07) is 23.8. The molecule has 6 nitrogen and oxygen atoms in total. The quantitative estimate of drug-likeness (QED) is 0.308. The Hall–Kier alpha value is -4.32. The molecular weight excluding hydrogens is 416 g/mol. The number of nitrogens with one attached hydrogen (secondary N) is 1. The summed E-state index contributed by atoms with van der Waals surface area (Å²) in [5.74, 6) is -1.22. The lowest BCUT2D eigenvalue weighted by Crippen LogP contribution is -2.31. The molecule has 3 aromatic rings. The molecule has 164 valence electrons. The normalized spacial score (nSPS) is 14.1. The number of dihydropyridines is 1. The van der Waals surface area contributed by atoms with E-state index in [9.17, 15) is 19.7 Å². The van der Waals surface area contributed by atoms with Crippen LogP contribution in [0.15, 0.2) is 107 Å². The minimum absolute atomic E-state index is 0.0978. The summed E-state index contributed by atoms with van der Waals surface area (Å²) in [6.07, 6.45) is 0. The SMILES string of the molecule is CC1=C(C(=O)c2ccccc2)C(c2cccc([N+](=O)[O-])c2)C(C(=O)c2ccccc2)=C(C)N1. The predicted octanol–water partition coefficient (Wildman–Crippen LogP) is 5.60. The van der Waals surface area contributed by atoms with Crippen molar-refractivity contribution < 1.29 is 14.5 Å². The van der Waals surface area contributed by atoms with Crippen LogP contribution in [0.5, 0.6) is 0 Å². The predicted molar refractivity (Wildman–Crippen MR) is 126 cm³/mol. The van der Waals surface area contributed by atoms with Crippen molar-refractivity contribution >= 4 is 17.3 Å². The van der Waals surface area contributed by atoms with Crippen molar-refractivity contribution in [2.24, 2.45) is 0 Å². The number of carbonyl (C=O) groups excluding carboxylic acids is 2. The maximum absolute atomic E-state index is 13.7. The number of nitrogens with zero attached hydrogens (tertiary/aromatic N) is 1. The molecule has 1 heterocycles. The molecule has 4 rings (SSSR count). The third-order valence-electron chi connectivity index (χ3n) is 5.74. The first-order valence-electron chi connectivity index (χ1n) is 10.5. The van der Waals surface area contributed by atoms with E-state index in [1.165, 1.54) is 12.1 Å². The Kier molecular flexibility index (Phi) is 6.00. The van der Waals surface area contributed by atoms with E-state index in [1.54, 1.807) is 74.5 Å². The van der Waals surface area contributed by atoms with Crippen molar-refractivity contribution in [3.05, 3.63) is 134 Å². The van der Waals surface area contributed by atoms with Crippen molar-refractivity contribution in [1.82, 2.24) is 5.32 Å². The van der Waals surface area contributed by atoms with Crippen LogP contribution in [0.1, 0.15) is 46.0 Å². The molecule has 6 heteroatoms. The zero-order chi connectivity index (χ0) is 23.5. The number of ketones is 2. The second-order valence-corrected chi connectivity index (χ2v) is 7.88. The summed E-state index contributed by atoms with van der Waals surface area (Å²) < 4.78 is 0. The molecule has 0 saturated heterocycles. The van der Waals surface area contributed by atoms with E-state index in [4.69, 9.17) is 0 Å². The number of Topliss-reactive ketones (excluding diaryl/α,β-unsaturated/α-hetero) is 2. The fourth-order valence-electron chi connectivity index (χ4n) is 4.24. The van der Waals surface area contributed by atoms with Gasteiger partial charge in [0.1, 0.15) is 0 Å². The maximum atomic E-state index is 13.7.